The molecule has 144 valence electrons. The predicted molar refractivity (Wildman–Crippen MR) is 88.2 cm³/mol. The lowest BCUT2D eigenvalue weighted by Gasteiger charge is -2.27. The number of fused-ring (bicyclic) bond motifs is 1. The number of nitro benzene ring substituents is 1. The molecule has 2 aromatic rings. The molecule has 3 N–H and O–H groups in total. The standard InChI is InChI=1S/C14H15N5O8/c1-18(9(6-11(22)23)14(24)15-5-4-10(20)21)7-2-3-8(19(25)26)13-12(7)16-27-17-13/h2-3,9H,4-6H2,1H3,(H,15,24)(H,20,21)(H,22,23)/t9-/m0/s1. The van der Waals surface area contributed by atoms with Gasteiger partial charge in [0.2, 0.25) is 11.4 Å². The van der Waals surface area contributed by atoms with Gasteiger partial charge in [0.15, 0.2) is 5.52 Å². The van der Waals surface area contributed by atoms with Gasteiger partial charge in [0.25, 0.3) is 0 Å². The SMILES string of the molecule is CN(c1ccc([N+](=O)[O-])c2nonc12)[C@@H](CC(=O)O)C(=O)NCCC(=O)O. The molecule has 0 saturated heterocycles. The summed E-state index contributed by atoms with van der Waals surface area (Å²) < 4.78 is 4.55. The number of hydrogen-bond acceptors (Lipinski definition) is 9. The lowest BCUT2D eigenvalue weighted by Crippen LogP contribution is -2.47. The molecule has 1 amide bonds. The maximum Gasteiger partial charge on any atom is 0.305 e. The monoisotopic (exact) mass is 381 g/mol. The Labute approximate surface area is 150 Å². The number of nitrogens with one attached hydrogen (secondary N) is 1. The van der Waals surface area contributed by atoms with Crippen LogP contribution >= 0.6 is 0 Å². The van der Waals surface area contributed by atoms with Crippen molar-refractivity contribution in [3.63, 3.8) is 0 Å². The molecule has 13 heteroatoms. The number of nitrogens with zero attached hydrogens (tertiary/aromatic N) is 4. The van der Waals surface area contributed by atoms with Crippen molar-refractivity contribution >= 4 is 40.3 Å². The third kappa shape index (κ3) is 4.45. The third-order valence-corrected chi connectivity index (χ3v) is 3.73. The van der Waals surface area contributed by atoms with Crippen LogP contribution in [0, 0.1) is 10.1 Å². The summed E-state index contributed by atoms with van der Waals surface area (Å²) in [5.74, 6) is -3.11. The minimum atomic E-state index is -1.27. The van der Waals surface area contributed by atoms with Crippen LogP contribution in [0.2, 0.25) is 0 Å². The molecule has 0 unspecified atom stereocenters. The summed E-state index contributed by atoms with van der Waals surface area (Å²) >= 11 is 0. The molecule has 0 aliphatic rings. The van der Waals surface area contributed by atoms with Gasteiger partial charge >= 0.3 is 17.6 Å². The highest BCUT2D eigenvalue weighted by Gasteiger charge is 2.30. The van der Waals surface area contributed by atoms with Gasteiger partial charge in [-0.15, -0.1) is 0 Å². The first-order chi connectivity index (χ1) is 12.7. The summed E-state index contributed by atoms with van der Waals surface area (Å²) in [6, 6.07) is 1.21. The van der Waals surface area contributed by atoms with Gasteiger partial charge in [0, 0.05) is 19.7 Å². The number of carbonyl (C=O) groups is 3. The number of carboxylic acid groups (broad SMARTS) is 2. The molecule has 27 heavy (non-hydrogen) atoms. The van der Waals surface area contributed by atoms with Crippen LogP contribution in [-0.2, 0) is 14.4 Å². The predicted octanol–water partition coefficient (Wildman–Crippen LogP) is 0.00140. The van der Waals surface area contributed by atoms with E-state index in [-0.39, 0.29) is 35.4 Å². The summed E-state index contributed by atoms with van der Waals surface area (Å²) in [7, 11) is 1.40. The Bertz CT molecular complexity index is 895. The number of benzene rings is 1. The van der Waals surface area contributed by atoms with Crippen molar-refractivity contribution in [1.29, 1.82) is 0 Å². The first-order valence-corrected chi connectivity index (χ1v) is 7.56. The summed E-state index contributed by atoms with van der Waals surface area (Å²) in [6.07, 6.45) is -0.927. The van der Waals surface area contributed by atoms with Gasteiger partial charge in [0.1, 0.15) is 6.04 Å². The van der Waals surface area contributed by atoms with Gasteiger partial charge in [-0.25, -0.2) is 4.63 Å². The maximum absolute atomic E-state index is 12.3. The van der Waals surface area contributed by atoms with Gasteiger partial charge in [-0.3, -0.25) is 24.5 Å². The van der Waals surface area contributed by atoms with Crippen LogP contribution in [0.4, 0.5) is 11.4 Å². The van der Waals surface area contributed by atoms with Crippen LogP contribution in [0.1, 0.15) is 12.8 Å². The largest absolute Gasteiger partial charge is 0.481 e. The normalized spacial score (nSPS) is 11.7. The molecule has 1 atom stereocenters. The Hall–Kier alpha value is -3.77. The highest BCUT2D eigenvalue weighted by Crippen LogP contribution is 2.31. The van der Waals surface area contributed by atoms with E-state index >= 15 is 0 Å². The van der Waals surface area contributed by atoms with Crippen LogP contribution < -0.4 is 10.2 Å². The second-order valence-corrected chi connectivity index (χ2v) is 5.48. The van der Waals surface area contributed by atoms with E-state index in [0.29, 0.717) is 0 Å². The van der Waals surface area contributed by atoms with Crippen molar-refractivity contribution in [2.24, 2.45) is 0 Å². The minimum Gasteiger partial charge on any atom is -0.481 e. The fourth-order valence-electron chi connectivity index (χ4n) is 2.42. The van der Waals surface area contributed by atoms with Crippen molar-refractivity contribution in [1.82, 2.24) is 15.6 Å². The van der Waals surface area contributed by atoms with Crippen LogP contribution in [-0.4, -0.2) is 62.9 Å². The van der Waals surface area contributed by atoms with E-state index in [1.807, 2.05) is 0 Å². The fourth-order valence-corrected chi connectivity index (χ4v) is 2.42. The van der Waals surface area contributed by atoms with Crippen molar-refractivity contribution in [2.75, 3.05) is 18.5 Å². The molecule has 0 aliphatic heterocycles. The summed E-state index contributed by atoms with van der Waals surface area (Å²) in [6.45, 7) is -0.181. The zero-order chi connectivity index (χ0) is 20.1. The van der Waals surface area contributed by atoms with Crippen molar-refractivity contribution in [2.45, 2.75) is 18.9 Å². The molecule has 0 saturated carbocycles. The molecule has 1 aromatic heterocycles. The number of non-ortho nitro benzene ring substituents is 1. The van der Waals surface area contributed by atoms with Gasteiger partial charge in [-0.1, -0.05) is 0 Å². The van der Waals surface area contributed by atoms with E-state index in [1.54, 1.807) is 0 Å². The van der Waals surface area contributed by atoms with E-state index in [4.69, 9.17) is 10.2 Å². The molecular formula is C14H15N5O8. The third-order valence-electron chi connectivity index (χ3n) is 3.73. The molecule has 0 radical (unpaired) electrons. The minimum absolute atomic E-state index is 0.0135. The van der Waals surface area contributed by atoms with Gasteiger partial charge in [0.05, 0.1) is 23.5 Å². The quantitative estimate of drug-likeness (QED) is 0.391. The lowest BCUT2D eigenvalue weighted by molar-refractivity contribution is -0.383. The van der Waals surface area contributed by atoms with E-state index in [2.05, 4.69) is 20.3 Å². The molecule has 0 aliphatic carbocycles. The highest BCUT2D eigenvalue weighted by atomic mass is 16.6. The molecule has 0 spiro atoms. The summed E-state index contributed by atoms with van der Waals surface area (Å²) in [5, 5.41) is 38.2. The van der Waals surface area contributed by atoms with E-state index in [1.165, 1.54) is 18.0 Å². The Morgan fingerprint density at radius 1 is 1.26 bits per heavy atom. The molecule has 0 fully saturated rings. The zero-order valence-corrected chi connectivity index (χ0v) is 14.0. The first kappa shape index (κ1) is 19.6. The van der Waals surface area contributed by atoms with E-state index in [0.717, 1.165) is 6.07 Å². The Kier molecular flexibility index (Phi) is 5.85. The van der Waals surface area contributed by atoms with E-state index < -0.39 is 35.2 Å². The highest BCUT2D eigenvalue weighted by molar-refractivity contribution is 5.97. The van der Waals surface area contributed by atoms with Gasteiger partial charge < -0.3 is 20.4 Å². The molecule has 13 nitrogen and oxygen atoms in total. The maximum atomic E-state index is 12.3. The Morgan fingerprint density at radius 3 is 2.52 bits per heavy atom. The van der Waals surface area contributed by atoms with Crippen LogP contribution in [0.3, 0.4) is 0 Å². The zero-order valence-electron chi connectivity index (χ0n) is 14.0. The number of nitro groups is 1. The van der Waals surface area contributed by atoms with E-state index in [9.17, 15) is 24.5 Å². The summed E-state index contributed by atoms with van der Waals surface area (Å²) in [4.78, 5) is 45.7. The number of carbonyl (C=O) groups excluding carboxylic acids is 1. The van der Waals surface area contributed by atoms with Gasteiger partial charge in [-0.05, 0) is 16.4 Å². The molecule has 2 rings (SSSR count). The number of anilines is 1. The lowest BCUT2D eigenvalue weighted by atomic mass is 10.1. The van der Waals surface area contributed by atoms with Crippen molar-refractivity contribution in [3.8, 4) is 0 Å². The van der Waals surface area contributed by atoms with Crippen molar-refractivity contribution in [3.05, 3.63) is 22.2 Å². The first-order valence-electron chi connectivity index (χ1n) is 7.56. The van der Waals surface area contributed by atoms with Crippen LogP contribution in [0.15, 0.2) is 16.8 Å². The Balaban J connectivity index is 2.35. The molecular weight excluding hydrogens is 366 g/mol. The average molecular weight is 381 g/mol. The molecule has 0 bridgehead atoms. The fraction of sp³-hybridized carbons (Fsp3) is 0.357. The van der Waals surface area contributed by atoms with Crippen molar-refractivity contribution < 1.29 is 34.1 Å². The number of aromatic nitrogens is 2. The number of hydrogen-bond donors (Lipinski definition) is 3. The average Bonchev–Trinajstić information content (AvgIpc) is 3.06. The van der Waals surface area contributed by atoms with Gasteiger partial charge in [-0.2, -0.15) is 0 Å². The number of rotatable bonds is 9. The number of carboxylic acids is 2. The molecule has 1 heterocycles. The number of aliphatic carboxylic acids is 2. The second kappa shape index (κ2) is 8.07. The Morgan fingerprint density at radius 2 is 1.93 bits per heavy atom. The number of amides is 1. The van der Waals surface area contributed by atoms with Crippen LogP contribution in [0.25, 0.3) is 11.0 Å². The topological polar surface area (TPSA) is 189 Å². The number of likely N-dealkylation sites (N-methyl/N-ethyl adjacent to an activating group) is 1. The summed E-state index contributed by atoms with van der Waals surface area (Å²) in [5.41, 5.74) is -0.328. The van der Waals surface area contributed by atoms with Crippen LogP contribution in [0.5, 0.6) is 0 Å². The smallest absolute Gasteiger partial charge is 0.305 e. The molecule has 1 aromatic carbocycles. The second-order valence-electron chi connectivity index (χ2n) is 5.48.